The molecule has 0 radical (unpaired) electrons. The molecule has 17 heavy (non-hydrogen) atoms. The molecule has 0 spiro atoms. The number of nitrogens with zero attached hydrogens (tertiary/aromatic N) is 3. The van der Waals surface area contributed by atoms with Crippen LogP contribution in [0.3, 0.4) is 0 Å². The van der Waals surface area contributed by atoms with Crippen LogP contribution in [-0.4, -0.2) is 14.5 Å². The first-order chi connectivity index (χ1) is 8.25. The van der Waals surface area contributed by atoms with Gasteiger partial charge in [-0.15, -0.1) is 0 Å². The molecule has 0 aliphatic rings. The highest BCUT2D eigenvalue weighted by Crippen LogP contribution is 2.22. The first kappa shape index (κ1) is 10.0. The SMILES string of the molecule is Cc1ccc2nc(-c3ccccn3)n(C)c2c1. The van der Waals surface area contributed by atoms with E-state index in [1.165, 1.54) is 5.56 Å². The third-order valence-corrected chi connectivity index (χ3v) is 2.93. The lowest BCUT2D eigenvalue weighted by molar-refractivity contribution is 0.950. The molecule has 0 fully saturated rings. The van der Waals surface area contributed by atoms with Crippen LogP contribution in [0.1, 0.15) is 5.56 Å². The van der Waals surface area contributed by atoms with Gasteiger partial charge in [-0.25, -0.2) is 4.98 Å². The van der Waals surface area contributed by atoms with Crippen molar-refractivity contribution in [2.24, 2.45) is 7.05 Å². The van der Waals surface area contributed by atoms with Crippen LogP contribution in [0.5, 0.6) is 0 Å². The van der Waals surface area contributed by atoms with Gasteiger partial charge in [-0.05, 0) is 36.8 Å². The summed E-state index contributed by atoms with van der Waals surface area (Å²) in [4.78, 5) is 8.97. The summed E-state index contributed by atoms with van der Waals surface area (Å²) in [6, 6.07) is 12.2. The van der Waals surface area contributed by atoms with Gasteiger partial charge in [0.1, 0.15) is 5.69 Å². The summed E-state index contributed by atoms with van der Waals surface area (Å²) in [7, 11) is 2.03. The topological polar surface area (TPSA) is 30.7 Å². The molecule has 0 aliphatic carbocycles. The highest BCUT2D eigenvalue weighted by atomic mass is 15.1. The molecule has 1 aromatic carbocycles. The van der Waals surface area contributed by atoms with Gasteiger partial charge in [0, 0.05) is 13.2 Å². The molecule has 3 heteroatoms. The molecule has 0 bridgehead atoms. The number of aryl methyl sites for hydroxylation is 2. The van der Waals surface area contributed by atoms with Crippen LogP contribution in [0.15, 0.2) is 42.6 Å². The molecule has 2 aromatic heterocycles. The van der Waals surface area contributed by atoms with Gasteiger partial charge >= 0.3 is 0 Å². The van der Waals surface area contributed by atoms with Gasteiger partial charge in [-0.3, -0.25) is 4.98 Å². The van der Waals surface area contributed by atoms with Crippen LogP contribution in [0.25, 0.3) is 22.6 Å². The van der Waals surface area contributed by atoms with Crippen molar-refractivity contribution in [3.05, 3.63) is 48.2 Å². The molecule has 0 atom stereocenters. The maximum atomic E-state index is 4.62. The van der Waals surface area contributed by atoms with E-state index in [0.717, 1.165) is 22.6 Å². The van der Waals surface area contributed by atoms with Gasteiger partial charge < -0.3 is 4.57 Å². The Hall–Kier alpha value is -2.16. The van der Waals surface area contributed by atoms with E-state index in [1.54, 1.807) is 6.20 Å². The molecule has 0 N–H and O–H groups in total. The summed E-state index contributed by atoms with van der Waals surface area (Å²) >= 11 is 0. The van der Waals surface area contributed by atoms with E-state index in [2.05, 4.69) is 39.7 Å². The van der Waals surface area contributed by atoms with E-state index in [0.29, 0.717) is 0 Å². The number of hydrogen-bond acceptors (Lipinski definition) is 2. The molecule has 2 heterocycles. The smallest absolute Gasteiger partial charge is 0.159 e. The van der Waals surface area contributed by atoms with Crippen LogP contribution < -0.4 is 0 Å². The lowest BCUT2D eigenvalue weighted by Crippen LogP contribution is -1.94. The zero-order valence-electron chi connectivity index (χ0n) is 9.88. The highest BCUT2D eigenvalue weighted by Gasteiger charge is 2.09. The Bertz CT molecular complexity index is 669. The number of rotatable bonds is 1. The Morgan fingerprint density at radius 3 is 2.76 bits per heavy atom. The van der Waals surface area contributed by atoms with Crippen molar-refractivity contribution in [2.45, 2.75) is 6.92 Å². The monoisotopic (exact) mass is 223 g/mol. The number of hydrogen-bond donors (Lipinski definition) is 0. The first-order valence-corrected chi connectivity index (χ1v) is 5.60. The average Bonchev–Trinajstić information content (AvgIpc) is 2.68. The average molecular weight is 223 g/mol. The number of aromatic nitrogens is 3. The quantitative estimate of drug-likeness (QED) is 0.635. The van der Waals surface area contributed by atoms with E-state index >= 15 is 0 Å². The summed E-state index contributed by atoms with van der Waals surface area (Å²) < 4.78 is 2.09. The van der Waals surface area contributed by atoms with Crippen molar-refractivity contribution in [3.8, 4) is 11.5 Å². The Morgan fingerprint density at radius 1 is 1.12 bits per heavy atom. The van der Waals surface area contributed by atoms with Gasteiger partial charge in [0.25, 0.3) is 0 Å². The Labute approximate surface area is 99.8 Å². The lowest BCUT2D eigenvalue weighted by atomic mass is 10.2. The summed E-state index contributed by atoms with van der Waals surface area (Å²) in [6.45, 7) is 2.09. The summed E-state index contributed by atoms with van der Waals surface area (Å²) in [5.41, 5.74) is 4.31. The van der Waals surface area contributed by atoms with Gasteiger partial charge in [-0.2, -0.15) is 0 Å². The maximum Gasteiger partial charge on any atom is 0.159 e. The predicted molar refractivity (Wildman–Crippen MR) is 68.7 cm³/mol. The van der Waals surface area contributed by atoms with Crippen molar-refractivity contribution in [3.63, 3.8) is 0 Å². The minimum atomic E-state index is 0.906. The molecule has 0 amide bonds. The Morgan fingerprint density at radius 2 is 2.00 bits per heavy atom. The van der Waals surface area contributed by atoms with Gasteiger partial charge in [0.05, 0.1) is 11.0 Å². The predicted octanol–water partition coefficient (Wildman–Crippen LogP) is 2.94. The Balaban J connectivity index is 2.28. The number of fused-ring (bicyclic) bond motifs is 1. The molecule has 0 saturated carbocycles. The van der Waals surface area contributed by atoms with Crippen molar-refractivity contribution < 1.29 is 0 Å². The van der Waals surface area contributed by atoms with Gasteiger partial charge in [0.15, 0.2) is 5.82 Å². The van der Waals surface area contributed by atoms with Crippen LogP contribution in [-0.2, 0) is 7.05 Å². The normalized spacial score (nSPS) is 10.9. The van der Waals surface area contributed by atoms with Crippen molar-refractivity contribution in [1.82, 2.24) is 14.5 Å². The van der Waals surface area contributed by atoms with Crippen LogP contribution >= 0.6 is 0 Å². The molecule has 0 saturated heterocycles. The first-order valence-electron chi connectivity index (χ1n) is 5.60. The third-order valence-electron chi connectivity index (χ3n) is 2.93. The van der Waals surface area contributed by atoms with E-state index in [1.807, 2.05) is 25.2 Å². The number of benzene rings is 1. The highest BCUT2D eigenvalue weighted by molar-refractivity contribution is 5.80. The molecule has 0 aliphatic heterocycles. The minimum absolute atomic E-state index is 0.906. The summed E-state index contributed by atoms with van der Waals surface area (Å²) in [5.74, 6) is 0.909. The standard InChI is InChI=1S/C14H13N3/c1-10-6-7-11-13(9-10)17(2)14(16-11)12-5-3-4-8-15-12/h3-9H,1-2H3. The molecule has 3 aromatic rings. The molecule has 0 unspecified atom stereocenters. The molecular formula is C14H13N3. The molecule has 84 valence electrons. The second-order valence-corrected chi connectivity index (χ2v) is 4.20. The number of imidazole rings is 1. The Kier molecular flexibility index (Phi) is 2.18. The van der Waals surface area contributed by atoms with E-state index in [4.69, 9.17) is 0 Å². The van der Waals surface area contributed by atoms with Gasteiger partial charge in [0.2, 0.25) is 0 Å². The van der Waals surface area contributed by atoms with Crippen LogP contribution in [0.4, 0.5) is 0 Å². The van der Waals surface area contributed by atoms with Crippen molar-refractivity contribution >= 4 is 11.0 Å². The van der Waals surface area contributed by atoms with E-state index < -0.39 is 0 Å². The van der Waals surface area contributed by atoms with E-state index in [9.17, 15) is 0 Å². The fourth-order valence-corrected chi connectivity index (χ4v) is 2.02. The van der Waals surface area contributed by atoms with Crippen molar-refractivity contribution in [1.29, 1.82) is 0 Å². The third kappa shape index (κ3) is 1.60. The lowest BCUT2D eigenvalue weighted by Gasteiger charge is -2.01. The second kappa shape index (κ2) is 3.70. The largest absolute Gasteiger partial charge is 0.326 e. The fourth-order valence-electron chi connectivity index (χ4n) is 2.02. The molecule has 3 rings (SSSR count). The number of pyridine rings is 1. The maximum absolute atomic E-state index is 4.62. The van der Waals surface area contributed by atoms with Gasteiger partial charge in [-0.1, -0.05) is 12.1 Å². The van der Waals surface area contributed by atoms with E-state index in [-0.39, 0.29) is 0 Å². The molecular weight excluding hydrogens is 210 g/mol. The fraction of sp³-hybridized carbons (Fsp3) is 0.143. The second-order valence-electron chi connectivity index (χ2n) is 4.20. The minimum Gasteiger partial charge on any atom is -0.326 e. The zero-order chi connectivity index (χ0) is 11.8. The molecule has 3 nitrogen and oxygen atoms in total. The van der Waals surface area contributed by atoms with Crippen molar-refractivity contribution in [2.75, 3.05) is 0 Å². The zero-order valence-corrected chi connectivity index (χ0v) is 9.88. The van der Waals surface area contributed by atoms with Crippen LogP contribution in [0.2, 0.25) is 0 Å². The summed E-state index contributed by atoms with van der Waals surface area (Å²) in [6.07, 6.45) is 1.79. The summed E-state index contributed by atoms with van der Waals surface area (Å²) in [5, 5.41) is 0. The van der Waals surface area contributed by atoms with Crippen LogP contribution in [0, 0.1) is 6.92 Å².